The minimum atomic E-state index is -0.434. The maximum absolute atomic E-state index is 12.7. The number of nitrogens with one attached hydrogen (secondary N) is 1. The maximum Gasteiger partial charge on any atom is 0.276 e. The van der Waals surface area contributed by atoms with Crippen molar-refractivity contribution in [2.75, 3.05) is 13.1 Å². The molecule has 6 heteroatoms. The standard InChI is InChI=1S/C16H25N3O3/c1-10(2)8-12-14(20)17-6-7-19(12)15(21)11-9-13(22-18-11)16(3,4)5/h9-10,12H,6-8H2,1-5H3,(H,17,20). The molecule has 2 heterocycles. The summed E-state index contributed by atoms with van der Waals surface area (Å²) < 4.78 is 5.29. The molecule has 122 valence electrons. The molecule has 1 aliphatic heterocycles. The SMILES string of the molecule is CC(C)CC1C(=O)NCCN1C(=O)c1cc(C(C)(C)C)on1. The van der Waals surface area contributed by atoms with E-state index in [1.807, 2.05) is 34.6 Å². The molecule has 1 aliphatic rings. The highest BCUT2D eigenvalue weighted by Crippen LogP contribution is 2.24. The fourth-order valence-electron chi connectivity index (χ4n) is 2.52. The summed E-state index contributed by atoms with van der Waals surface area (Å²) in [5.74, 6) is 0.664. The Morgan fingerprint density at radius 1 is 1.50 bits per heavy atom. The van der Waals surface area contributed by atoms with Crippen molar-refractivity contribution in [2.45, 2.75) is 52.5 Å². The van der Waals surface area contributed by atoms with Crippen LogP contribution in [0.1, 0.15) is 57.3 Å². The Labute approximate surface area is 131 Å². The van der Waals surface area contributed by atoms with Crippen molar-refractivity contribution in [3.8, 4) is 0 Å². The summed E-state index contributed by atoms with van der Waals surface area (Å²) in [6, 6.07) is 1.25. The van der Waals surface area contributed by atoms with Crippen molar-refractivity contribution >= 4 is 11.8 Å². The molecule has 1 N–H and O–H groups in total. The number of piperazine rings is 1. The van der Waals surface area contributed by atoms with Crippen LogP contribution in [0.4, 0.5) is 0 Å². The zero-order valence-corrected chi connectivity index (χ0v) is 14.0. The van der Waals surface area contributed by atoms with E-state index in [1.165, 1.54) is 0 Å². The lowest BCUT2D eigenvalue weighted by molar-refractivity contribution is -0.128. The van der Waals surface area contributed by atoms with Crippen molar-refractivity contribution in [1.29, 1.82) is 0 Å². The van der Waals surface area contributed by atoms with Gasteiger partial charge in [-0.15, -0.1) is 0 Å². The first-order chi connectivity index (χ1) is 10.2. The van der Waals surface area contributed by atoms with Crippen LogP contribution in [0.15, 0.2) is 10.6 Å². The first kappa shape index (κ1) is 16.5. The average molecular weight is 307 g/mol. The summed E-state index contributed by atoms with van der Waals surface area (Å²) in [7, 11) is 0. The third-order valence-electron chi connectivity index (χ3n) is 3.75. The number of hydrogen-bond acceptors (Lipinski definition) is 4. The van der Waals surface area contributed by atoms with Gasteiger partial charge in [0, 0.05) is 24.6 Å². The zero-order chi connectivity index (χ0) is 16.5. The smallest absolute Gasteiger partial charge is 0.276 e. The molecule has 0 aliphatic carbocycles. The zero-order valence-electron chi connectivity index (χ0n) is 14.0. The predicted molar refractivity (Wildman–Crippen MR) is 82.5 cm³/mol. The van der Waals surface area contributed by atoms with Gasteiger partial charge in [-0.05, 0) is 12.3 Å². The van der Waals surface area contributed by atoms with Gasteiger partial charge in [-0.1, -0.05) is 39.8 Å². The van der Waals surface area contributed by atoms with Gasteiger partial charge in [-0.25, -0.2) is 0 Å². The number of nitrogens with zero attached hydrogens (tertiary/aromatic N) is 2. The molecule has 1 aromatic heterocycles. The highest BCUT2D eigenvalue weighted by atomic mass is 16.5. The number of rotatable bonds is 3. The van der Waals surface area contributed by atoms with Gasteiger partial charge in [0.15, 0.2) is 5.69 Å². The van der Waals surface area contributed by atoms with E-state index >= 15 is 0 Å². The fourth-order valence-corrected chi connectivity index (χ4v) is 2.52. The molecule has 1 fully saturated rings. The van der Waals surface area contributed by atoms with Crippen molar-refractivity contribution < 1.29 is 14.1 Å². The summed E-state index contributed by atoms with van der Waals surface area (Å²) >= 11 is 0. The van der Waals surface area contributed by atoms with Crippen LogP contribution in [0, 0.1) is 5.92 Å². The molecular weight excluding hydrogens is 282 g/mol. The van der Waals surface area contributed by atoms with Crippen molar-refractivity contribution in [3.05, 3.63) is 17.5 Å². The second-order valence-electron chi connectivity index (χ2n) is 7.26. The van der Waals surface area contributed by atoms with Gasteiger partial charge < -0.3 is 14.7 Å². The highest BCUT2D eigenvalue weighted by Gasteiger charge is 2.35. The molecule has 22 heavy (non-hydrogen) atoms. The largest absolute Gasteiger partial charge is 0.360 e. The molecule has 0 radical (unpaired) electrons. The maximum atomic E-state index is 12.7. The van der Waals surface area contributed by atoms with Crippen molar-refractivity contribution in [2.24, 2.45) is 5.92 Å². The molecule has 0 spiro atoms. The van der Waals surface area contributed by atoms with E-state index < -0.39 is 6.04 Å². The summed E-state index contributed by atoms with van der Waals surface area (Å²) in [6.45, 7) is 11.0. The van der Waals surface area contributed by atoms with E-state index in [2.05, 4.69) is 10.5 Å². The minimum Gasteiger partial charge on any atom is -0.360 e. The van der Waals surface area contributed by atoms with Gasteiger partial charge in [0.2, 0.25) is 5.91 Å². The van der Waals surface area contributed by atoms with E-state index in [1.54, 1.807) is 11.0 Å². The van der Waals surface area contributed by atoms with Gasteiger partial charge in [0.1, 0.15) is 11.8 Å². The summed E-state index contributed by atoms with van der Waals surface area (Å²) in [4.78, 5) is 26.4. The quantitative estimate of drug-likeness (QED) is 0.926. The Kier molecular flexibility index (Phi) is 4.58. The van der Waals surface area contributed by atoms with Crippen LogP contribution < -0.4 is 5.32 Å². The summed E-state index contributed by atoms with van der Waals surface area (Å²) in [5, 5.41) is 6.73. The molecular formula is C16H25N3O3. The molecule has 1 aromatic rings. The van der Waals surface area contributed by atoms with E-state index in [0.29, 0.717) is 31.2 Å². The lowest BCUT2D eigenvalue weighted by atomic mass is 9.93. The molecule has 6 nitrogen and oxygen atoms in total. The van der Waals surface area contributed by atoms with E-state index in [4.69, 9.17) is 4.52 Å². The summed E-state index contributed by atoms with van der Waals surface area (Å²) in [6.07, 6.45) is 0.640. The van der Waals surface area contributed by atoms with Gasteiger partial charge in [0.05, 0.1) is 0 Å². The Bertz CT molecular complexity index is 557. The molecule has 1 saturated heterocycles. The lowest BCUT2D eigenvalue weighted by Gasteiger charge is -2.35. The number of aromatic nitrogens is 1. The number of hydrogen-bond donors (Lipinski definition) is 1. The van der Waals surface area contributed by atoms with Crippen LogP contribution in [0.2, 0.25) is 0 Å². The average Bonchev–Trinajstić information content (AvgIpc) is 2.89. The van der Waals surface area contributed by atoms with Crippen LogP contribution in [0.5, 0.6) is 0 Å². The molecule has 0 bridgehead atoms. The number of carbonyl (C=O) groups excluding carboxylic acids is 2. The first-order valence-electron chi connectivity index (χ1n) is 7.76. The third kappa shape index (κ3) is 3.48. The van der Waals surface area contributed by atoms with Crippen LogP contribution in [0.25, 0.3) is 0 Å². The molecule has 1 atom stereocenters. The van der Waals surface area contributed by atoms with Crippen LogP contribution in [-0.2, 0) is 10.2 Å². The minimum absolute atomic E-state index is 0.0900. The Morgan fingerprint density at radius 3 is 2.73 bits per heavy atom. The van der Waals surface area contributed by atoms with Gasteiger partial charge in [0.25, 0.3) is 5.91 Å². The lowest BCUT2D eigenvalue weighted by Crippen LogP contribution is -2.57. The topological polar surface area (TPSA) is 75.4 Å². The van der Waals surface area contributed by atoms with Gasteiger partial charge in [-0.2, -0.15) is 0 Å². The van der Waals surface area contributed by atoms with Crippen LogP contribution in [-0.4, -0.2) is 41.0 Å². The molecule has 0 aromatic carbocycles. The third-order valence-corrected chi connectivity index (χ3v) is 3.75. The van der Waals surface area contributed by atoms with Crippen LogP contribution >= 0.6 is 0 Å². The second kappa shape index (κ2) is 6.10. The number of amides is 2. The Hall–Kier alpha value is -1.85. The van der Waals surface area contributed by atoms with Crippen molar-refractivity contribution in [3.63, 3.8) is 0 Å². The predicted octanol–water partition coefficient (Wildman–Crippen LogP) is 1.96. The van der Waals surface area contributed by atoms with Gasteiger partial charge in [-0.3, -0.25) is 9.59 Å². The Balaban J connectivity index is 2.22. The second-order valence-corrected chi connectivity index (χ2v) is 7.26. The molecule has 0 saturated carbocycles. The Morgan fingerprint density at radius 2 is 2.18 bits per heavy atom. The van der Waals surface area contributed by atoms with E-state index in [9.17, 15) is 9.59 Å². The summed E-state index contributed by atoms with van der Waals surface area (Å²) in [5.41, 5.74) is 0.0654. The molecule has 2 amide bonds. The van der Waals surface area contributed by atoms with Crippen LogP contribution in [0.3, 0.4) is 0 Å². The normalized spacial score (nSPS) is 19.5. The molecule has 1 unspecified atom stereocenters. The number of carbonyl (C=O) groups is 2. The van der Waals surface area contributed by atoms with E-state index in [-0.39, 0.29) is 22.9 Å². The highest BCUT2D eigenvalue weighted by molar-refractivity contribution is 5.96. The van der Waals surface area contributed by atoms with Crippen molar-refractivity contribution in [1.82, 2.24) is 15.4 Å². The monoisotopic (exact) mass is 307 g/mol. The van der Waals surface area contributed by atoms with E-state index in [0.717, 1.165) is 0 Å². The van der Waals surface area contributed by atoms with Gasteiger partial charge >= 0.3 is 0 Å². The fraction of sp³-hybridized carbons (Fsp3) is 0.688. The molecule has 2 rings (SSSR count). The first-order valence-corrected chi connectivity index (χ1v) is 7.76.